The summed E-state index contributed by atoms with van der Waals surface area (Å²) in [5.74, 6) is -0.00489. The molecule has 0 radical (unpaired) electrons. The zero-order chi connectivity index (χ0) is 13.8. The lowest BCUT2D eigenvalue weighted by Crippen LogP contribution is -2.28. The van der Waals surface area contributed by atoms with E-state index in [1.807, 2.05) is 18.2 Å². The summed E-state index contributed by atoms with van der Waals surface area (Å²) in [6, 6.07) is 5.86. The first-order valence-corrected chi connectivity index (χ1v) is 7.59. The highest BCUT2D eigenvalue weighted by Gasteiger charge is 2.15. The highest BCUT2D eigenvalue weighted by molar-refractivity contribution is 5.95. The molecule has 0 unspecified atom stereocenters. The van der Waals surface area contributed by atoms with Crippen molar-refractivity contribution in [2.24, 2.45) is 0 Å². The molecule has 1 aliphatic heterocycles. The highest BCUT2D eigenvalue weighted by atomic mass is 35.5. The van der Waals surface area contributed by atoms with E-state index < -0.39 is 0 Å². The van der Waals surface area contributed by atoms with Crippen LogP contribution in [-0.4, -0.2) is 31.7 Å². The smallest absolute Gasteiger partial charge is 0.251 e. The van der Waals surface area contributed by atoms with Gasteiger partial charge in [0.15, 0.2) is 0 Å². The van der Waals surface area contributed by atoms with E-state index >= 15 is 0 Å². The maximum absolute atomic E-state index is 12.1. The van der Waals surface area contributed by atoms with E-state index in [0.29, 0.717) is 19.3 Å². The molecule has 1 fully saturated rings. The number of fused-ring (bicyclic) bond motifs is 1. The molecular weight excluding hydrogens is 288 g/mol. The van der Waals surface area contributed by atoms with Crippen LogP contribution >= 0.6 is 12.4 Å². The predicted molar refractivity (Wildman–Crippen MR) is 86.4 cm³/mol. The Morgan fingerprint density at radius 1 is 1.33 bits per heavy atom. The predicted octanol–water partition coefficient (Wildman–Crippen LogP) is 2.77. The van der Waals surface area contributed by atoms with Crippen LogP contribution in [0.3, 0.4) is 0 Å². The number of benzene rings is 1. The van der Waals surface area contributed by atoms with Crippen LogP contribution in [-0.2, 0) is 11.2 Å². The number of anilines is 1. The van der Waals surface area contributed by atoms with E-state index in [0.717, 1.165) is 24.2 Å². The Morgan fingerprint density at radius 3 is 2.95 bits per heavy atom. The van der Waals surface area contributed by atoms with Crippen LogP contribution in [0.15, 0.2) is 18.2 Å². The van der Waals surface area contributed by atoms with E-state index in [9.17, 15) is 4.79 Å². The minimum Gasteiger partial charge on any atom is -0.384 e. The van der Waals surface area contributed by atoms with Crippen LogP contribution in [0.2, 0.25) is 0 Å². The summed E-state index contributed by atoms with van der Waals surface area (Å²) in [4.78, 5) is 12.1. The van der Waals surface area contributed by atoms with Gasteiger partial charge >= 0.3 is 0 Å². The molecule has 21 heavy (non-hydrogen) atoms. The van der Waals surface area contributed by atoms with Gasteiger partial charge < -0.3 is 15.4 Å². The average molecular weight is 311 g/mol. The molecule has 1 amide bonds. The van der Waals surface area contributed by atoms with Crippen LogP contribution in [0.4, 0.5) is 5.69 Å². The van der Waals surface area contributed by atoms with E-state index in [4.69, 9.17) is 4.74 Å². The van der Waals surface area contributed by atoms with Crippen LogP contribution in [0, 0.1) is 0 Å². The molecule has 1 aliphatic carbocycles. The Balaban J connectivity index is 0.00000161. The van der Waals surface area contributed by atoms with E-state index in [1.54, 1.807) is 0 Å². The number of nitrogens with one attached hydrogen (secondary N) is 2. The van der Waals surface area contributed by atoms with Gasteiger partial charge in [-0.25, -0.2) is 0 Å². The molecule has 5 heteroatoms. The van der Waals surface area contributed by atoms with Crippen molar-refractivity contribution in [1.29, 1.82) is 0 Å². The van der Waals surface area contributed by atoms with E-state index in [2.05, 4.69) is 10.6 Å². The maximum Gasteiger partial charge on any atom is 0.251 e. The zero-order valence-corrected chi connectivity index (χ0v) is 13.0. The lowest BCUT2D eigenvalue weighted by atomic mass is 10.1. The normalized spacial score (nSPS) is 17.0. The number of halogens is 1. The topological polar surface area (TPSA) is 50.4 Å². The van der Waals surface area contributed by atoms with Gasteiger partial charge in [-0.1, -0.05) is 12.8 Å². The monoisotopic (exact) mass is 310 g/mol. The Kier molecular flexibility index (Phi) is 5.88. The molecule has 1 saturated carbocycles. The van der Waals surface area contributed by atoms with E-state index in [1.165, 1.54) is 31.2 Å². The van der Waals surface area contributed by atoms with Gasteiger partial charge in [-0.15, -0.1) is 12.4 Å². The first-order valence-electron chi connectivity index (χ1n) is 7.59. The second kappa shape index (κ2) is 7.66. The Bertz CT molecular complexity index is 487. The Hall–Kier alpha value is -1.26. The number of amides is 1. The van der Waals surface area contributed by atoms with Crippen molar-refractivity contribution < 1.29 is 9.53 Å². The van der Waals surface area contributed by atoms with Gasteiger partial charge in [0.25, 0.3) is 5.91 Å². The van der Waals surface area contributed by atoms with Crippen molar-refractivity contribution in [3.63, 3.8) is 0 Å². The summed E-state index contributed by atoms with van der Waals surface area (Å²) in [6.45, 7) is 2.17. The lowest BCUT2D eigenvalue weighted by Gasteiger charge is -2.11. The Labute approximate surface area is 132 Å². The molecule has 4 nitrogen and oxygen atoms in total. The molecule has 1 heterocycles. The lowest BCUT2D eigenvalue weighted by molar-refractivity contribution is 0.0582. The largest absolute Gasteiger partial charge is 0.384 e. The van der Waals surface area contributed by atoms with Crippen molar-refractivity contribution in [3.05, 3.63) is 29.3 Å². The highest BCUT2D eigenvalue weighted by Crippen LogP contribution is 2.23. The third-order valence-electron chi connectivity index (χ3n) is 4.12. The molecule has 2 aliphatic rings. The minimum absolute atomic E-state index is 0. The van der Waals surface area contributed by atoms with Gasteiger partial charge in [0.2, 0.25) is 0 Å². The average Bonchev–Trinajstić information content (AvgIpc) is 3.13. The number of carbonyl (C=O) groups excluding carboxylic acids is 1. The SMILES string of the molecule is Cl.O=C(NCCOC1CCCC1)c1ccc2c(c1)CCN2. The molecule has 0 aromatic heterocycles. The maximum atomic E-state index is 12.1. The first-order chi connectivity index (χ1) is 9.83. The van der Waals surface area contributed by atoms with Gasteiger partial charge in [-0.2, -0.15) is 0 Å². The van der Waals surface area contributed by atoms with Crippen molar-refractivity contribution in [3.8, 4) is 0 Å². The molecule has 1 aromatic carbocycles. The van der Waals surface area contributed by atoms with Crippen molar-refractivity contribution in [2.45, 2.75) is 38.2 Å². The van der Waals surface area contributed by atoms with Crippen molar-refractivity contribution >= 4 is 24.0 Å². The zero-order valence-electron chi connectivity index (χ0n) is 12.2. The van der Waals surface area contributed by atoms with Crippen molar-refractivity contribution in [1.82, 2.24) is 5.32 Å². The molecule has 116 valence electrons. The fourth-order valence-corrected chi connectivity index (χ4v) is 2.99. The third-order valence-corrected chi connectivity index (χ3v) is 4.12. The second-order valence-corrected chi connectivity index (χ2v) is 5.58. The number of carbonyl (C=O) groups is 1. The summed E-state index contributed by atoms with van der Waals surface area (Å²) in [7, 11) is 0. The summed E-state index contributed by atoms with van der Waals surface area (Å²) in [5.41, 5.74) is 3.14. The molecule has 0 bridgehead atoms. The van der Waals surface area contributed by atoms with Gasteiger partial charge in [-0.3, -0.25) is 4.79 Å². The molecule has 3 rings (SSSR count). The summed E-state index contributed by atoms with van der Waals surface area (Å²) in [6.07, 6.45) is 6.32. The van der Waals surface area contributed by atoms with Crippen LogP contribution < -0.4 is 10.6 Å². The Morgan fingerprint density at radius 2 is 2.14 bits per heavy atom. The van der Waals surface area contributed by atoms with Gasteiger partial charge in [0, 0.05) is 24.3 Å². The molecule has 2 N–H and O–H groups in total. The quantitative estimate of drug-likeness (QED) is 0.822. The fourth-order valence-electron chi connectivity index (χ4n) is 2.99. The minimum atomic E-state index is -0.00489. The van der Waals surface area contributed by atoms with Crippen LogP contribution in [0.1, 0.15) is 41.6 Å². The van der Waals surface area contributed by atoms with Gasteiger partial charge in [-0.05, 0) is 43.0 Å². The van der Waals surface area contributed by atoms with Crippen molar-refractivity contribution in [2.75, 3.05) is 25.0 Å². The standard InChI is InChI=1S/C16H22N2O2.ClH/c19-16(18-9-10-20-14-3-1-2-4-14)13-5-6-15-12(11-13)7-8-17-15;/h5-6,11,14,17H,1-4,7-10H2,(H,18,19);1H. The van der Waals surface area contributed by atoms with Crippen LogP contribution in [0.5, 0.6) is 0 Å². The molecule has 0 saturated heterocycles. The first kappa shape index (κ1) is 16.1. The second-order valence-electron chi connectivity index (χ2n) is 5.58. The number of hydrogen-bond donors (Lipinski definition) is 2. The summed E-state index contributed by atoms with van der Waals surface area (Å²) < 4.78 is 5.74. The molecule has 0 spiro atoms. The number of ether oxygens (including phenoxy) is 1. The molecular formula is C16H23ClN2O2. The third kappa shape index (κ3) is 4.11. The molecule has 1 aromatic rings. The molecule has 0 atom stereocenters. The van der Waals surface area contributed by atoms with Crippen LogP contribution in [0.25, 0.3) is 0 Å². The fraction of sp³-hybridized carbons (Fsp3) is 0.562. The number of rotatable bonds is 5. The van der Waals surface area contributed by atoms with Gasteiger partial charge in [0.1, 0.15) is 0 Å². The summed E-state index contributed by atoms with van der Waals surface area (Å²) in [5, 5.41) is 6.23. The number of hydrogen-bond acceptors (Lipinski definition) is 3. The van der Waals surface area contributed by atoms with Gasteiger partial charge in [0.05, 0.1) is 12.7 Å². The van der Waals surface area contributed by atoms with E-state index in [-0.39, 0.29) is 18.3 Å². The summed E-state index contributed by atoms with van der Waals surface area (Å²) >= 11 is 0.